The first-order valence-electron chi connectivity index (χ1n) is 16.9. The second-order valence-electron chi connectivity index (χ2n) is 12.6. The van der Waals surface area contributed by atoms with Gasteiger partial charge in [-0.15, -0.1) is 0 Å². The molecule has 1 amide bonds. The number of nitrogens with one attached hydrogen (secondary N) is 2. The molecule has 6 rings (SSSR count). The summed E-state index contributed by atoms with van der Waals surface area (Å²) in [5.41, 5.74) is 0.887. The monoisotopic (exact) mass is 713 g/mol. The van der Waals surface area contributed by atoms with Crippen LogP contribution in [0.25, 0.3) is 11.2 Å². The van der Waals surface area contributed by atoms with Gasteiger partial charge in [0.15, 0.2) is 17.4 Å². The lowest BCUT2D eigenvalue weighted by Crippen LogP contribution is -2.40. The molecule has 0 radical (unpaired) electrons. The highest BCUT2D eigenvalue weighted by atomic mass is 16.6. The largest absolute Gasteiger partial charge is 0.497 e. The van der Waals surface area contributed by atoms with E-state index in [0.29, 0.717) is 11.5 Å². The van der Waals surface area contributed by atoms with E-state index in [1.165, 1.54) is 10.9 Å². The third-order valence-corrected chi connectivity index (χ3v) is 9.02. The van der Waals surface area contributed by atoms with Gasteiger partial charge >= 0.3 is 0 Å². The molecule has 1 saturated heterocycles. The van der Waals surface area contributed by atoms with Gasteiger partial charge in [0, 0.05) is 13.0 Å². The van der Waals surface area contributed by atoms with Crippen LogP contribution in [0, 0.1) is 5.92 Å². The number of imidazole rings is 1. The van der Waals surface area contributed by atoms with Crippen molar-refractivity contribution >= 4 is 23.0 Å². The lowest BCUT2D eigenvalue weighted by Gasteiger charge is -2.37. The number of hydrogen-bond donors (Lipinski definition) is 3. The highest BCUT2D eigenvalue weighted by Crippen LogP contribution is 2.43. The number of anilines is 1. The van der Waals surface area contributed by atoms with Crippen LogP contribution >= 0.6 is 0 Å². The summed E-state index contributed by atoms with van der Waals surface area (Å²) < 4.78 is 37.4. The van der Waals surface area contributed by atoms with E-state index < -0.39 is 35.7 Å². The molecular formula is C38H43N5O9. The number of rotatable bonds is 15. The summed E-state index contributed by atoms with van der Waals surface area (Å²) >= 11 is 0. The van der Waals surface area contributed by atoms with Crippen molar-refractivity contribution in [2.45, 2.75) is 44.0 Å². The maximum absolute atomic E-state index is 13.0. The van der Waals surface area contributed by atoms with Gasteiger partial charge in [-0.05, 0) is 41.0 Å². The van der Waals surface area contributed by atoms with E-state index in [9.17, 15) is 14.7 Å². The molecule has 14 nitrogen and oxygen atoms in total. The zero-order valence-electron chi connectivity index (χ0n) is 29.6. The van der Waals surface area contributed by atoms with Crippen LogP contribution in [-0.4, -0.2) is 90.0 Å². The van der Waals surface area contributed by atoms with E-state index in [4.69, 9.17) is 28.4 Å². The Morgan fingerprint density at radius 1 is 0.942 bits per heavy atom. The van der Waals surface area contributed by atoms with Gasteiger partial charge in [-0.2, -0.15) is 4.98 Å². The van der Waals surface area contributed by atoms with Crippen molar-refractivity contribution < 1.29 is 38.3 Å². The predicted molar refractivity (Wildman–Crippen MR) is 191 cm³/mol. The predicted octanol–water partition coefficient (Wildman–Crippen LogP) is 4.03. The smallest absolute Gasteiger partial charge is 0.280 e. The molecule has 0 saturated carbocycles. The van der Waals surface area contributed by atoms with E-state index in [2.05, 4.69) is 20.3 Å². The second kappa shape index (κ2) is 16.0. The highest BCUT2D eigenvalue weighted by molar-refractivity contribution is 5.91. The third kappa shape index (κ3) is 7.29. The SMILES string of the molecule is COCCO[C@H]1C(O)[C@@H](COC(c2ccccc2)(c2ccc(OC)cc2)c2ccc(OC)cc2)O[C@H]1n1cnc2c(=O)[nH]c(NC(=O)C(C)C)nc21. The number of aliphatic hydroxyl groups excluding tert-OH is 1. The van der Waals surface area contributed by atoms with Crippen molar-refractivity contribution in [1.29, 1.82) is 0 Å². The zero-order chi connectivity index (χ0) is 36.8. The summed E-state index contributed by atoms with van der Waals surface area (Å²) in [5, 5.41) is 14.5. The topological polar surface area (TPSA) is 168 Å². The number of amides is 1. The van der Waals surface area contributed by atoms with Gasteiger partial charge in [-0.25, -0.2) is 4.98 Å². The Bertz CT molecular complexity index is 1950. The minimum Gasteiger partial charge on any atom is -0.497 e. The molecule has 274 valence electrons. The van der Waals surface area contributed by atoms with Crippen LogP contribution in [0.2, 0.25) is 0 Å². The fourth-order valence-electron chi connectivity index (χ4n) is 6.24. The van der Waals surface area contributed by atoms with Gasteiger partial charge in [0.05, 0.1) is 40.4 Å². The number of aromatic nitrogens is 4. The number of methoxy groups -OCH3 is 3. The van der Waals surface area contributed by atoms with Crippen molar-refractivity contribution in [2.75, 3.05) is 46.5 Å². The Hall–Kier alpha value is -5.12. The first-order chi connectivity index (χ1) is 25.2. The van der Waals surface area contributed by atoms with Gasteiger partial charge < -0.3 is 33.5 Å². The van der Waals surface area contributed by atoms with Crippen LogP contribution in [0.1, 0.15) is 36.8 Å². The van der Waals surface area contributed by atoms with Crippen molar-refractivity contribution in [3.63, 3.8) is 0 Å². The van der Waals surface area contributed by atoms with Crippen molar-refractivity contribution in [3.05, 3.63) is 112 Å². The number of aliphatic hydroxyl groups is 1. The average Bonchev–Trinajstić information content (AvgIpc) is 3.73. The molecule has 52 heavy (non-hydrogen) atoms. The first-order valence-corrected chi connectivity index (χ1v) is 16.9. The minimum absolute atomic E-state index is 0.0260. The Balaban J connectivity index is 1.40. The van der Waals surface area contributed by atoms with Crippen LogP contribution in [0.5, 0.6) is 11.5 Å². The van der Waals surface area contributed by atoms with Crippen LogP contribution in [-0.2, 0) is 29.3 Å². The fourth-order valence-corrected chi connectivity index (χ4v) is 6.24. The van der Waals surface area contributed by atoms with Crippen LogP contribution in [0.3, 0.4) is 0 Å². The number of benzene rings is 3. The number of fused-ring (bicyclic) bond motifs is 1. The van der Waals surface area contributed by atoms with E-state index in [1.54, 1.807) is 35.2 Å². The number of carbonyl (C=O) groups is 1. The molecule has 1 unspecified atom stereocenters. The molecule has 0 bridgehead atoms. The molecule has 3 heterocycles. The van der Waals surface area contributed by atoms with E-state index in [0.717, 1.165) is 16.7 Å². The molecule has 3 N–H and O–H groups in total. The van der Waals surface area contributed by atoms with Crippen molar-refractivity contribution in [2.24, 2.45) is 5.92 Å². The zero-order valence-corrected chi connectivity index (χ0v) is 29.6. The second-order valence-corrected chi connectivity index (χ2v) is 12.6. The lowest BCUT2D eigenvalue weighted by atomic mass is 9.80. The summed E-state index contributed by atoms with van der Waals surface area (Å²) in [6, 6.07) is 25.0. The average molecular weight is 714 g/mol. The maximum atomic E-state index is 13.0. The Morgan fingerprint density at radius 3 is 2.13 bits per heavy atom. The summed E-state index contributed by atoms with van der Waals surface area (Å²) in [4.78, 5) is 36.8. The number of ether oxygens (including phenoxy) is 6. The van der Waals surface area contributed by atoms with Gasteiger partial charge in [-0.3, -0.25) is 24.5 Å². The summed E-state index contributed by atoms with van der Waals surface area (Å²) in [6.07, 6.45) is -2.64. The number of nitrogens with zero attached hydrogens (tertiary/aromatic N) is 3. The molecule has 0 spiro atoms. The summed E-state index contributed by atoms with van der Waals surface area (Å²) in [5.74, 6) is 0.647. The Morgan fingerprint density at radius 2 is 1.56 bits per heavy atom. The minimum atomic E-state index is -1.19. The normalized spacial score (nSPS) is 18.9. The molecule has 0 aliphatic carbocycles. The quantitative estimate of drug-likeness (QED) is 0.106. The lowest BCUT2D eigenvalue weighted by molar-refractivity contribution is -0.118. The number of hydrogen-bond acceptors (Lipinski definition) is 11. The molecule has 1 aliphatic rings. The first kappa shape index (κ1) is 36.7. The highest BCUT2D eigenvalue weighted by Gasteiger charge is 2.48. The van der Waals surface area contributed by atoms with Crippen LogP contribution < -0.4 is 20.3 Å². The number of carbonyl (C=O) groups excluding carboxylic acids is 1. The molecule has 5 aromatic rings. The van der Waals surface area contributed by atoms with Gasteiger partial charge in [0.1, 0.15) is 35.4 Å². The van der Waals surface area contributed by atoms with Crippen LogP contribution in [0.4, 0.5) is 5.95 Å². The fraction of sp³-hybridized carbons (Fsp3) is 0.368. The molecule has 3 aromatic carbocycles. The third-order valence-electron chi connectivity index (χ3n) is 9.02. The molecule has 4 atom stereocenters. The molecule has 2 aromatic heterocycles. The molecular weight excluding hydrogens is 670 g/mol. The van der Waals surface area contributed by atoms with Crippen LogP contribution in [0.15, 0.2) is 90.0 Å². The summed E-state index contributed by atoms with van der Waals surface area (Å²) in [6.45, 7) is 3.77. The van der Waals surface area contributed by atoms with Gasteiger partial charge in [0.25, 0.3) is 5.56 Å². The molecule has 1 fully saturated rings. The van der Waals surface area contributed by atoms with Gasteiger partial charge in [-0.1, -0.05) is 68.4 Å². The number of H-pyrrole nitrogens is 1. The Labute approximate surface area is 300 Å². The number of aromatic amines is 1. The van der Waals surface area contributed by atoms with E-state index in [-0.39, 0.29) is 48.8 Å². The Kier molecular flexibility index (Phi) is 11.3. The van der Waals surface area contributed by atoms with Crippen molar-refractivity contribution in [3.8, 4) is 11.5 Å². The maximum Gasteiger partial charge on any atom is 0.280 e. The van der Waals surface area contributed by atoms with E-state index in [1.807, 2.05) is 78.9 Å². The molecule has 1 aliphatic heterocycles. The molecule has 14 heteroatoms. The van der Waals surface area contributed by atoms with E-state index >= 15 is 0 Å². The summed E-state index contributed by atoms with van der Waals surface area (Å²) in [7, 11) is 4.77. The van der Waals surface area contributed by atoms with Crippen molar-refractivity contribution in [1.82, 2.24) is 19.5 Å². The standard InChI is InChI=1S/C38H43N5O9/c1-23(2)34(45)41-37-40-33-30(35(46)42-37)39-22-43(33)36-32(50-20-19-47-3)31(44)29(52-36)21-51-38(24-9-7-6-8-10-24,25-11-15-27(48-4)16-12-25)26-13-17-28(49-5)18-14-26/h6-18,22-23,29,31-32,36,44H,19-21H2,1-5H3,(H2,40,41,42,45,46)/t29-,31?,32+,36-/m1/s1. The van der Waals surface area contributed by atoms with Gasteiger partial charge in [0.2, 0.25) is 11.9 Å².